The molecule has 0 saturated heterocycles. The van der Waals surface area contributed by atoms with Crippen LogP contribution in [0.2, 0.25) is 0 Å². The van der Waals surface area contributed by atoms with E-state index < -0.39 is 33.0 Å². The van der Waals surface area contributed by atoms with Crippen LogP contribution in [0.3, 0.4) is 0 Å². The smallest absolute Gasteiger partial charge is 0.275 e. The molecule has 4 aromatic rings. The number of aromatic nitrogens is 4. The minimum atomic E-state index is -4.78. The van der Waals surface area contributed by atoms with Crippen LogP contribution in [0.5, 0.6) is 0 Å². The van der Waals surface area contributed by atoms with Crippen molar-refractivity contribution in [1.82, 2.24) is 24.2 Å². The van der Waals surface area contributed by atoms with Gasteiger partial charge in [-0.2, -0.15) is 23.2 Å². The third-order valence-electron chi connectivity index (χ3n) is 5.79. The summed E-state index contributed by atoms with van der Waals surface area (Å²) in [4.78, 5) is 12.3. The van der Waals surface area contributed by atoms with Crippen molar-refractivity contribution in [2.24, 2.45) is 0 Å². The van der Waals surface area contributed by atoms with Gasteiger partial charge >= 0.3 is 6.18 Å². The maximum atomic E-state index is 14.7. The Kier molecular flexibility index (Phi) is 6.74. The van der Waals surface area contributed by atoms with Crippen LogP contribution < -0.4 is 4.72 Å². The Balaban J connectivity index is 1.97. The van der Waals surface area contributed by atoms with Crippen LogP contribution in [0.1, 0.15) is 30.5 Å². The van der Waals surface area contributed by atoms with Crippen molar-refractivity contribution in [2.75, 3.05) is 0 Å². The second kappa shape index (κ2) is 9.53. The summed E-state index contributed by atoms with van der Waals surface area (Å²) in [6, 6.07) is 5.33. The van der Waals surface area contributed by atoms with E-state index in [1.807, 2.05) is 0 Å². The van der Waals surface area contributed by atoms with Gasteiger partial charge in [0.1, 0.15) is 22.8 Å². The predicted molar refractivity (Wildman–Crippen MR) is 127 cm³/mol. The van der Waals surface area contributed by atoms with Crippen LogP contribution in [-0.4, -0.2) is 40.2 Å². The molecule has 0 bridgehead atoms. The molecule has 0 aliphatic carbocycles. The van der Waals surface area contributed by atoms with Crippen molar-refractivity contribution in [3.8, 4) is 23.4 Å². The summed E-state index contributed by atoms with van der Waals surface area (Å²) in [7, 11) is -4.56. The summed E-state index contributed by atoms with van der Waals surface area (Å²) in [5, 5.41) is 10.3. The van der Waals surface area contributed by atoms with E-state index in [-0.39, 0.29) is 33.8 Å². The zero-order chi connectivity index (χ0) is 27.1. The van der Waals surface area contributed by atoms with E-state index >= 15 is 0 Å². The molecule has 0 aliphatic rings. The van der Waals surface area contributed by atoms with E-state index in [0.717, 1.165) is 12.3 Å². The van der Waals surface area contributed by atoms with Crippen molar-refractivity contribution in [3.63, 3.8) is 0 Å². The lowest BCUT2D eigenvalue weighted by Crippen LogP contribution is -2.43. The van der Waals surface area contributed by atoms with E-state index in [1.165, 1.54) is 30.0 Å². The standard InChI is InChI=1S/C24H20F4N6O2S/c1-4-15-9-20-17(10-19(15)25)18(11-29)22(34(20)23-30-6-5-7-31-23)21-13(2)8-16(12-32-21)37(35,36)33-14(3)24(26,27)28/h5-10,12,14,33H,4H2,1-3H3/t14-/m0/s1. The average molecular weight is 533 g/mol. The highest BCUT2D eigenvalue weighted by Crippen LogP contribution is 2.37. The molecular weight excluding hydrogens is 512 g/mol. The van der Waals surface area contributed by atoms with Gasteiger partial charge in [0.05, 0.1) is 22.5 Å². The Morgan fingerprint density at radius 2 is 1.84 bits per heavy atom. The molecule has 0 fully saturated rings. The zero-order valence-corrected chi connectivity index (χ0v) is 20.6. The summed E-state index contributed by atoms with van der Waals surface area (Å²) >= 11 is 0. The number of alkyl halides is 3. The topological polar surface area (TPSA) is 114 Å². The van der Waals surface area contributed by atoms with Crippen molar-refractivity contribution in [2.45, 2.75) is 44.3 Å². The third kappa shape index (κ3) is 4.77. The molecule has 0 unspecified atom stereocenters. The van der Waals surface area contributed by atoms with E-state index in [2.05, 4.69) is 21.0 Å². The highest BCUT2D eigenvalue weighted by molar-refractivity contribution is 7.89. The summed E-state index contributed by atoms with van der Waals surface area (Å²) in [5.41, 5.74) is 1.48. The number of rotatable bonds is 6. The molecule has 37 heavy (non-hydrogen) atoms. The van der Waals surface area contributed by atoms with Crippen molar-refractivity contribution in [3.05, 3.63) is 65.4 Å². The molecule has 4 rings (SSSR count). The van der Waals surface area contributed by atoms with E-state index in [0.29, 0.717) is 24.4 Å². The van der Waals surface area contributed by atoms with Crippen molar-refractivity contribution in [1.29, 1.82) is 5.26 Å². The SMILES string of the molecule is CCc1cc2c(cc1F)c(C#N)c(-c1ncc(S(=O)(=O)N[C@@H](C)C(F)(F)F)cc1C)n2-c1ncccn1. The van der Waals surface area contributed by atoms with Gasteiger partial charge in [-0.3, -0.25) is 9.55 Å². The second-order valence-corrected chi connectivity index (χ2v) is 9.97. The normalized spacial score (nSPS) is 13.0. The van der Waals surface area contributed by atoms with Gasteiger partial charge in [-0.1, -0.05) is 6.92 Å². The van der Waals surface area contributed by atoms with E-state index in [9.17, 15) is 31.2 Å². The fraction of sp³-hybridized carbons (Fsp3) is 0.250. The number of pyridine rings is 1. The lowest BCUT2D eigenvalue weighted by molar-refractivity contribution is -0.147. The first-order valence-electron chi connectivity index (χ1n) is 11.0. The Hall–Kier alpha value is -3.89. The highest BCUT2D eigenvalue weighted by Gasteiger charge is 2.39. The molecule has 1 aromatic carbocycles. The fourth-order valence-electron chi connectivity index (χ4n) is 3.88. The number of sulfonamides is 1. The zero-order valence-electron chi connectivity index (χ0n) is 19.8. The minimum absolute atomic E-state index is 0.0547. The number of aryl methyl sites for hydroxylation is 2. The van der Waals surface area contributed by atoms with Crippen molar-refractivity contribution >= 4 is 20.9 Å². The molecule has 0 radical (unpaired) electrons. The quantitative estimate of drug-likeness (QED) is 0.364. The molecule has 3 aromatic heterocycles. The molecule has 0 spiro atoms. The molecule has 1 N–H and O–H groups in total. The van der Waals surface area contributed by atoms with Gasteiger partial charge in [-0.25, -0.2) is 22.8 Å². The van der Waals surface area contributed by atoms with Gasteiger partial charge in [0.25, 0.3) is 0 Å². The highest BCUT2D eigenvalue weighted by atomic mass is 32.2. The maximum absolute atomic E-state index is 14.7. The Morgan fingerprint density at radius 1 is 1.16 bits per heavy atom. The van der Waals surface area contributed by atoms with Crippen LogP contribution in [0, 0.1) is 24.1 Å². The molecule has 0 aliphatic heterocycles. The fourth-order valence-corrected chi connectivity index (χ4v) is 5.14. The summed E-state index contributed by atoms with van der Waals surface area (Å²) in [6.07, 6.45) is -0.524. The average Bonchev–Trinajstić information content (AvgIpc) is 3.15. The Morgan fingerprint density at radius 3 is 2.41 bits per heavy atom. The summed E-state index contributed by atoms with van der Waals surface area (Å²) in [5.74, 6) is -0.337. The maximum Gasteiger partial charge on any atom is 0.404 e. The molecule has 192 valence electrons. The van der Waals surface area contributed by atoms with Gasteiger partial charge in [0.2, 0.25) is 16.0 Å². The molecule has 13 heteroatoms. The first-order valence-corrected chi connectivity index (χ1v) is 12.5. The lowest BCUT2D eigenvalue weighted by Gasteiger charge is -2.18. The van der Waals surface area contributed by atoms with Crippen LogP contribution in [0.4, 0.5) is 17.6 Å². The van der Waals surface area contributed by atoms with Gasteiger partial charge in [-0.15, -0.1) is 0 Å². The minimum Gasteiger partial charge on any atom is -0.275 e. The molecular formula is C24H20F4N6O2S. The number of nitrogens with one attached hydrogen (secondary N) is 1. The monoisotopic (exact) mass is 532 g/mol. The number of hydrogen-bond acceptors (Lipinski definition) is 6. The molecule has 1 atom stereocenters. The van der Waals surface area contributed by atoms with Gasteiger partial charge in [0.15, 0.2) is 0 Å². The summed E-state index contributed by atoms with van der Waals surface area (Å²) < 4.78 is 81.7. The van der Waals surface area contributed by atoms with E-state index in [4.69, 9.17) is 0 Å². The Bertz CT molecular complexity index is 1640. The molecule has 8 nitrogen and oxygen atoms in total. The molecule has 0 amide bonds. The number of hydrogen-bond donors (Lipinski definition) is 1. The third-order valence-corrected chi connectivity index (χ3v) is 7.30. The molecule has 0 saturated carbocycles. The van der Waals surface area contributed by atoms with Gasteiger partial charge in [0, 0.05) is 24.0 Å². The summed E-state index contributed by atoms with van der Waals surface area (Å²) in [6.45, 7) is 3.97. The molecule has 3 heterocycles. The van der Waals surface area contributed by atoms with Gasteiger partial charge < -0.3 is 0 Å². The second-order valence-electron chi connectivity index (χ2n) is 8.26. The van der Waals surface area contributed by atoms with Crippen LogP contribution >= 0.6 is 0 Å². The Labute approximate surface area is 209 Å². The predicted octanol–water partition coefficient (Wildman–Crippen LogP) is 4.59. The van der Waals surface area contributed by atoms with E-state index in [1.54, 1.807) is 23.8 Å². The number of nitriles is 1. The number of nitrogens with zero attached hydrogens (tertiary/aromatic N) is 5. The first kappa shape index (κ1) is 26.2. The number of benzene rings is 1. The number of fused-ring (bicyclic) bond motifs is 1. The number of halogens is 4. The first-order chi connectivity index (χ1) is 17.4. The van der Waals surface area contributed by atoms with Crippen LogP contribution in [0.25, 0.3) is 28.2 Å². The van der Waals surface area contributed by atoms with Crippen LogP contribution in [-0.2, 0) is 16.4 Å². The van der Waals surface area contributed by atoms with Crippen molar-refractivity contribution < 1.29 is 26.0 Å². The lowest BCUT2D eigenvalue weighted by atomic mass is 10.0. The van der Waals surface area contributed by atoms with Crippen LogP contribution in [0.15, 0.2) is 47.8 Å². The van der Waals surface area contributed by atoms with Gasteiger partial charge in [-0.05, 0) is 55.7 Å². The largest absolute Gasteiger partial charge is 0.404 e.